The molecule has 0 saturated carbocycles. The highest BCUT2D eigenvalue weighted by Gasteiger charge is 2.17. The molecule has 0 radical (unpaired) electrons. The van der Waals surface area contributed by atoms with Crippen LogP contribution >= 0.6 is 0 Å². The van der Waals surface area contributed by atoms with Crippen molar-refractivity contribution in [2.45, 2.75) is 46.1 Å². The molecule has 1 saturated heterocycles. The van der Waals surface area contributed by atoms with Gasteiger partial charge in [0.2, 0.25) is 0 Å². The molecule has 3 N–H and O–H groups in total. The maximum absolute atomic E-state index is 6.12. The van der Waals surface area contributed by atoms with E-state index in [-0.39, 0.29) is 0 Å². The SMILES string of the molecule is Cc1ccc(CN=C(N)Nc2cccc(C(C)C)c2)c(N2CCCC2)n1. The normalized spacial score (nSPS) is 14.9. The summed E-state index contributed by atoms with van der Waals surface area (Å²) in [5.74, 6) is 1.97. The first kappa shape index (κ1) is 18.2. The standard InChI is InChI=1S/C21H29N5/c1-15(2)17-7-6-8-19(13-17)25-21(22)23-14-18-10-9-16(3)24-20(18)26-11-4-5-12-26/h6-10,13,15H,4-5,11-12,14H2,1-3H3,(H3,22,23,25). The Bertz CT molecular complexity index is 776. The number of anilines is 2. The molecule has 26 heavy (non-hydrogen) atoms. The van der Waals surface area contributed by atoms with Crippen LogP contribution in [-0.4, -0.2) is 24.0 Å². The number of pyridine rings is 1. The number of benzene rings is 1. The number of guanidine groups is 1. The van der Waals surface area contributed by atoms with Crippen molar-refractivity contribution in [3.8, 4) is 0 Å². The van der Waals surface area contributed by atoms with Gasteiger partial charge in [0.25, 0.3) is 0 Å². The Kier molecular flexibility index (Phi) is 5.76. The molecule has 0 bridgehead atoms. The van der Waals surface area contributed by atoms with Gasteiger partial charge in [-0.2, -0.15) is 0 Å². The number of aromatic nitrogens is 1. The van der Waals surface area contributed by atoms with Crippen molar-refractivity contribution < 1.29 is 0 Å². The molecule has 0 spiro atoms. The van der Waals surface area contributed by atoms with Gasteiger partial charge in [-0.05, 0) is 49.4 Å². The van der Waals surface area contributed by atoms with E-state index in [0.29, 0.717) is 18.4 Å². The zero-order chi connectivity index (χ0) is 18.5. The first-order chi connectivity index (χ1) is 12.5. The van der Waals surface area contributed by atoms with Crippen molar-refractivity contribution in [1.29, 1.82) is 0 Å². The summed E-state index contributed by atoms with van der Waals surface area (Å²) < 4.78 is 0. The largest absolute Gasteiger partial charge is 0.370 e. The van der Waals surface area contributed by atoms with Crippen molar-refractivity contribution in [1.82, 2.24) is 4.98 Å². The molecule has 1 aliphatic heterocycles. The molecule has 3 rings (SSSR count). The molecule has 0 unspecified atom stereocenters. The van der Waals surface area contributed by atoms with Gasteiger partial charge in [0.15, 0.2) is 5.96 Å². The van der Waals surface area contributed by atoms with Crippen LogP contribution in [0.5, 0.6) is 0 Å². The monoisotopic (exact) mass is 351 g/mol. The van der Waals surface area contributed by atoms with Gasteiger partial charge in [-0.1, -0.05) is 32.0 Å². The average Bonchev–Trinajstić information content (AvgIpc) is 3.15. The highest BCUT2D eigenvalue weighted by Crippen LogP contribution is 2.24. The molecule has 5 nitrogen and oxygen atoms in total. The second-order valence-corrected chi connectivity index (χ2v) is 7.24. The maximum Gasteiger partial charge on any atom is 0.193 e. The molecule has 0 aliphatic carbocycles. The molecule has 1 aromatic heterocycles. The Hall–Kier alpha value is -2.56. The van der Waals surface area contributed by atoms with Crippen molar-refractivity contribution in [2.75, 3.05) is 23.3 Å². The number of rotatable bonds is 5. The maximum atomic E-state index is 6.12. The number of aliphatic imine (C=N–C) groups is 1. The van der Waals surface area contributed by atoms with Crippen LogP contribution in [0.4, 0.5) is 11.5 Å². The quantitative estimate of drug-likeness (QED) is 0.630. The topological polar surface area (TPSA) is 66.5 Å². The van der Waals surface area contributed by atoms with E-state index in [1.54, 1.807) is 0 Å². The third-order valence-corrected chi connectivity index (χ3v) is 4.75. The fourth-order valence-corrected chi connectivity index (χ4v) is 3.23. The van der Waals surface area contributed by atoms with Crippen LogP contribution in [0.25, 0.3) is 0 Å². The summed E-state index contributed by atoms with van der Waals surface area (Å²) in [5.41, 5.74) is 10.5. The lowest BCUT2D eigenvalue weighted by molar-refractivity contribution is 0.867. The summed E-state index contributed by atoms with van der Waals surface area (Å²) in [7, 11) is 0. The van der Waals surface area contributed by atoms with E-state index in [1.807, 2.05) is 25.1 Å². The number of aryl methyl sites for hydroxylation is 1. The fourth-order valence-electron chi connectivity index (χ4n) is 3.23. The van der Waals surface area contributed by atoms with Crippen molar-refractivity contribution in [3.63, 3.8) is 0 Å². The smallest absolute Gasteiger partial charge is 0.193 e. The number of hydrogen-bond acceptors (Lipinski definition) is 3. The highest BCUT2D eigenvalue weighted by molar-refractivity contribution is 5.92. The zero-order valence-electron chi connectivity index (χ0n) is 16.0. The van der Waals surface area contributed by atoms with E-state index in [0.717, 1.165) is 35.9 Å². The number of nitrogens with one attached hydrogen (secondary N) is 1. The van der Waals surface area contributed by atoms with Crippen LogP contribution in [-0.2, 0) is 6.54 Å². The Balaban J connectivity index is 1.72. The van der Waals surface area contributed by atoms with Gasteiger partial charge in [0.1, 0.15) is 5.82 Å². The minimum Gasteiger partial charge on any atom is -0.370 e. The lowest BCUT2D eigenvalue weighted by Crippen LogP contribution is -2.24. The molecule has 0 amide bonds. The average molecular weight is 351 g/mol. The molecular weight excluding hydrogens is 322 g/mol. The zero-order valence-corrected chi connectivity index (χ0v) is 16.0. The Morgan fingerprint density at radius 1 is 1.23 bits per heavy atom. The molecule has 138 valence electrons. The van der Waals surface area contributed by atoms with E-state index in [2.05, 4.69) is 47.3 Å². The summed E-state index contributed by atoms with van der Waals surface area (Å²) in [4.78, 5) is 11.6. The van der Waals surface area contributed by atoms with Gasteiger partial charge in [-0.3, -0.25) is 0 Å². The molecule has 2 aromatic rings. The van der Waals surface area contributed by atoms with Crippen LogP contribution in [0.3, 0.4) is 0 Å². The second-order valence-electron chi connectivity index (χ2n) is 7.24. The third-order valence-electron chi connectivity index (χ3n) is 4.75. The van der Waals surface area contributed by atoms with Gasteiger partial charge >= 0.3 is 0 Å². The molecule has 1 aromatic carbocycles. The van der Waals surface area contributed by atoms with Crippen LogP contribution in [0, 0.1) is 6.92 Å². The summed E-state index contributed by atoms with van der Waals surface area (Å²) in [5, 5.41) is 3.20. The van der Waals surface area contributed by atoms with Crippen molar-refractivity contribution in [2.24, 2.45) is 10.7 Å². The van der Waals surface area contributed by atoms with E-state index in [1.165, 1.54) is 18.4 Å². The van der Waals surface area contributed by atoms with Gasteiger partial charge in [-0.15, -0.1) is 0 Å². The summed E-state index contributed by atoms with van der Waals surface area (Å²) in [6.45, 7) is 9.07. The molecule has 1 aliphatic rings. The van der Waals surface area contributed by atoms with E-state index in [4.69, 9.17) is 10.7 Å². The molecule has 5 heteroatoms. The van der Waals surface area contributed by atoms with Gasteiger partial charge in [0.05, 0.1) is 6.54 Å². The van der Waals surface area contributed by atoms with Gasteiger partial charge in [-0.25, -0.2) is 9.98 Å². The van der Waals surface area contributed by atoms with Crippen LogP contribution < -0.4 is 16.0 Å². The predicted molar refractivity (Wildman–Crippen MR) is 110 cm³/mol. The van der Waals surface area contributed by atoms with Crippen molar-refractivity contribution >= 4 is 17.5 Å². The minimum atomic E-state index is 0.429. The summed E-state index contributed by atoms with van der Waals surface area (Å²) in [6, 6.07) is 12.5. The first-order valence-electron chi connectivity index (χ1n) is 9.41. The number of nitrogens with two attached hydrogens (primary N) is 1. The van der Waals surface area contributed by atoms with Gasteiger partial charge < -0.3 is 16.0 Å². The minimum absolute atomic E-state index is 0.429. The Morgan fingerprint density at radius 3 is 2.73 bits per heavy atom. The number of nitrogens with zero attached hydrogens (tertiary/aromatic N) is 3. The summed E-state index contributed by atoms with van der Waals surface area (Å²) in [6.07, 6.45) is 2.46. The van der Waals surface area contributed by atoms with Crippen LogP contribution in [0.1, 0.15) is 49.4 Å². The number of hydrogen-bond donors (Lipinski definition) is 2. The lowest BCUT2D eigenvalue weighted by atomic mass is 10.0. The second kappa shape index (κ2) is 8.21. The molecular formula is C21H29N5. The summed E-state index contributed by atoms with van der Waals surface area (Å²) >= 11 is 0. The van der Waals surface area contributed by atoms with E-state index < -0.39 is 0 Å². The fraction of sp³-hybridized carbons (Fsp3) is 0.429. The van der Waals surface area contributed by atoms with Gasteiger partial charge in [0, 0.05) is 30.0 Å². The molecule has 2 heterocycles. The lowest BCUT2D eigenvalue weighted by Gasteiger charge is -2.20. The first-order valence-corrected chi connectivity index (χ1v) is 9.41. The molecule has 0 atom stereocenters. The third kappa shape index (κ3) is 4.54. The van der Waals surface area contributed by atoms with Crippen LogP contribution in [0.2, 0.25) is 0 Å². The molecule has 1 fully saturated rings. The van der Waals surface area contributed by atoms with Crippen LogP contribution in [0.15, 0.2) is 41.4 Å². The van der Waals surface area contributed by atoms with E-state index >= 15 is 0 Å². The Morgan fingerprint density at radius 2 is 2.00 bits per heavy atom. The van der Waals surface area contributed by atoms with Crippen molar-refractivity contribution in [3.05, 3.63) is 53.2 Å². The Labute approximate surface area is 156 Å². The predicted octanol–water partition coefficient (Wildman–Crippen LogP) is 4.04. The van der Waals surface area contributed by atoms with E-state index in [9.17, 15) is 0 Å². The highest BCUT2D eigenvalue weighted by atomic mass is 15.2.